The van der Waals surface area contributed by atoms with E-state index in [9.17, 15) is 9.59 Å². The standard InChI is InChI=1S/C17H14BrNO5/c18-11-5-7-12(8-6-11)19-16(20)10-23-17(21)15-9-22-13-3-1-2-4-14(13)24-15/h1-8,15H,9-10H2,(H,19,20)/t15-/m1/s1. The molecule has 2 aromatic carbocycles. The zero-order chi connectivity index (χ0) is 16.9. The van der Waals surface area contributed by atoms with Crippen LogP contribution in [0, 0.1) is 0 Å². The van der Waals surface area contributed by atoms with Crippen LogP contribution in [0.3, 0.4) is 0 Å². The number of para-hydroxylation sites is 2. The number of hydrogen-bond donors (Lipinski definition) is 1. The number of hydrogen-bond acceptors (Lipinski definition) is 5. The molecule has 24 heavy (non-hydrogen) atoms. The van der Waals surface area contributed by atoms with Crippen molar-refractivity contribution in [3.05, 3.63) is 53.0 Å². The van der Waals surface area contributed by atoms with E-state index in [1.165, 1.54) is 0 Å². The molecular formula is C17H14BrNO5. The number of benzene rings is 2. The van der Waals surface area contributed by atoms with Crippen LogP contribution in [-0.4, -0.2) is 31.2 Å². The van der Waals surface area contributed by atoms with E-state index in [1.807, 2.05) is 6.07 Å². The predicted molar refractivity (Wildman–Crippen MR) is 90.1 cm³/mol. The number of fused-ring (bicyclic) bond motifs is 1. The Morgan fingerprint density at radius 1 is 1.12 bits per heavy atom. The Bertz CT molecular complexity index is 747. The zero-order valence-corrected chi connectivity index (χ0v) is 14.1. The lowest BCUT2D eigenvalue weighted by atomic mass is 10.2. The lowest BCUT2D eigenvalue weighted by molar-refractivity contribution is -0.156. The summed E-state index contributed by atoms with van der Waals surface area (Å²) in [7, 11) is 0. The average molecular weight is 392 g/mol. The Balaban J connectivity index is 1.49. The smallest absolute Gasteiger partial charge is 0.351 e. The number of anilines is 1. The first-order valence-electron chi connectivity index (χ1n) is 7.22. The van der Waals surface area contributed by atoms with E-state index in [-0.39, 0.29) is 6.61 Å². The number of halogens is 1. The second kappa shape index (κ2) is 7.35. The van der Waals surface area contributed by atoms with Gasteiger partial charge in [-0.2, -0.15) is 0 Å². The van der Waals surface area contributed by atoms with Crippen molar-refractivity contribution in [2.75, 3.05) is 18.5 Å². The van der Waals surface area contributed by atoms with Crippen LogP contribution in [0.15, 0.2) is 53.0 Å². The van der Waals surface area contributed by atoms with Crippen molar-refractivity contribution in [2.24, 2.45) is 0 Å². The van der Waals surface area contributed by atoms with Crippen molar-refractivity contribution in [3.63, 3.8) is 0 Å². The molecule has 3 rings (SSSR count). The van der Waals surface area contributed by atoms with Crippen molar-refractivity contribution in [2.45, 2.75) is 6.10 Å². The van der Waals surface area contributed by atoms with Crippen LogP contribution in [0.25, 0.3) is 0 Å². The number of carbonyl (C=O) groups excluding carboxylic acids is 2. The molecule has 1 N–H and O–H groups in total. The van der Waals surface area contributed by atoms with E-state index >= 15 is 0 Å². The Morgan fingerprint density at radius 3 is 2.58 bits per heavy atom. The molecule has 2 aromatic rings. The van der Waals surface area contributed by atoms with Crippen molar-refractivity contribution in [1.82, 2.24) is 0 Å². The quantitative estimate of drug-likeness (QED) is 0.811. The molecule has 0 unspecified atom stereocenters. The number of ether oxygens (including phenoxy) is 3. The van der Waals surface area contributed by atoms with E-state index < -0.39 is 24.6 Å². The van der Waals surface area contributed by atoms with Gasteiger partial charge in [0.05, 0.1) is 0 Å². The van der Waals surface area contributed by atoms with Crippen LogP contribution in [0.5, 0.6) is 11.5 Å². The van der Waals surface area contributed by atoms with Crippen LogP contribution in [0.4, 0.5) is 5.69 Å². The van der Waals surface area contributed by atoms with Crippen LogP contribution in [-0.2, 0) is 14.3 Å². The van der Waals surface area contributed by atoms with Gasteiger partial charge in [-0.1, -0.05) is 28.1 Å². The maximum absolute atomic E-state index is 12.0. The molecule has 1 atom stereocenters. The molecule has 0 radical (unpaired) electrons. The SMILES string of the molecule is O=C(COC(=O)[C@H]1COc2ccccc2O1)Nc1ccc(Br)cc1. The number of esters is 1. The molecule has 124 valence electrons. The van der Waals surface area contributed by atoms with Gasteiger partial charge >= 0.3 is 5.97 Å². The molecule has 0 spiro atoms. The fourth-order valence-corrected chi connectivity index (χ4v) is 2.36. The fraction of sp³-hybridized carbons (Fsp3) is 0.176. The van der Waals surface area contributed by atoms with E-state index in [1.54, 1.807) is 42.5 Å². The van der Waals surface area contributed by atoms with Gasteiger partial charge in [0, 0.05) is 10.2 Å². The van der Waals surface area contributed by atoms with Gasteiger partial charge in [-0.05, 0) is 36.4 Å². The highest BCUT2D eigenvalue weighted by atomic mass is 79.9. The molecule has 7 heteroatoms. The monoisotopic (exact) mass is 391 g/mol. The fourth-order valence-electron chi connectivity index (χ4n) is 2.10. The average Bonchev–Trinajstić information content (AvgIpc) is 2.61. The molecule has 0 fully saturated rings. The van der Waals surface area contributed by atoms with Crippen LogP contribution in [0.1, 0.15) is 0 Å². The maximum atomic E-state index is 12.0. The summed E-state index contributed by atoms with van der Waals surface area (Å²) < 4.78 is 16.9. The van der Waals surface area contributed by atoms with E-state index in [2.05, 4.69) is 21.2 Å². The third-order valence-electron chi connectivity index (χ3n) is 3.24. The molecule has 1 amide bonds. The summed E-state index contributed by atoms with van der Waals surface area (Å²) in [4.78, 5) is 23.8. The second-order valence-corrected chi connectivity index (χ2v) is 5.94. The largest absolute Gasteiger partial charge is 0.485 e. The molecule has 0 saturated carbocycles. The van der Waals surface area contributed by atoms with Gasteiger partial charge in [0.15, 0.2) is 18.1 Å². The van der Waals surface area contributed by atoms with Gasteiger partial charge in [0.25, 0.3) is 5.91 Å². The highest BCUT2D eigenvalue weighted by Gasteiger charge is 2.29. The lowest BCUT2D eigenvalue weighted by Crippen LogP contribution is -2.39. The summed E-state index contributed by atoms with van der Waals surface area (Å²) in [6, 6.07) is 14.1. The minimum atomic E-state index is -0.889. The van der Waals surface area contributed by atoms with Crippen molar-refractivity contribution >= 4 is 33.5 Å². The topological polar surface area (TPSA) is 73.9 Å². The maximum Gasteiger partial charge on any atom is 0.351 e. The molecule has 1 aliphatic rings. The molecular weight excluding hydrogens is 378 g/mol. The molecule has 0 aliphatic carbocycles. The van der Waals surface area contributed by atoms with Crippen molar-refractivity contribution in [3.8, 4) is 11.5 Å². The normalized spacial score (nSPS) is 15.5. The number of amides is 1. The van der Waals surface area contributed by atoms with Gasteiger partial charge in [-0.25, -0.2) is 4.79 Å². The highest BCUT2D eigenvalue weighted by Crippen LogP contribution is 2.31. The Kier molecular flexibility index (Phi) is 5.00. The molecule has 0 saturated heterocycles. The summed E-state index contributed by atoms with van der Waals surface area (Å²) in [5, 5.41) is 2.63. The molecule has 1 heterocycles. The van der Waals surface area contributed by atoms with Crippen LogP contribution in [0.2, 0.25) is 0 Å². The second-order valence-electron chi connectivity index (χ2n) is 5.03. The summed E-state index contributed by atoms with van der Waals surface area (Å²) >= 11 is 3.31. The predicted octanol–water partition coefficient (Wildman–Crippen LogP) is 2.77. The van der Waals surface area contributed by atoms with Crippen molar-refractivity contribution in [1.29, 1.82) is 0 Å². The summed E-state index contributed by atoms with van der Waals surface area (Å²) in [5.41, 5.74) is 0.616. The Hall–Kier alpha value is -2.54. The van der Waals surface area contributed by atoms with Crippen molar-refractivity contribution < 1.29 is 23.8 Å². The summed E-state index contributed by atoms with van der Waals surface area (Å²) in [6.07, 6.45) is -0.889. The van der Waals surface area contributed by atoms with E-state index in [0.717, 1.165) is 4.47 Å². The summed E-state index contributed by atoms with van der Waals surface area (Å²) in [6.45, 7) is -0.347. The highest BCUT2D eigenvalue weighted by molar-refractivity contribution is 9.10. The zero-order valence-electron chi connectivity index (χ0n) is 12.5. The molecule has 6 nitrogen and oxygen atoms in total. The minimum Gasteiger partial charge on any atom is -0.485 e. The van der Waals surface area contributed by atoms with Gasteiger partial charge in [0.1, 0.15) is 6.61 Å². The first kappa shape index (κ1) is 16.3. The van der Waals surface area contributed by atoms with Crippen LogP contribution >= 0.6 is 15.9 Å². The first-order chi connectivity index (χ1) is 11.6. The summed E-state index contributed by atoms with van der Waals surface area (Å²) in [5.74, 6) is -0.0159. The van der Waals surface area contributed by atoms with Gasteiger partial charge in [-0.15, -0.1) is 0 Å². The number of rotatable bonds is 4. The van der Waals surface area contributed by atoms with Gasteiger partial charge < -0.3 is 19.5 Å². The van der Waals surface area contributed by atoms with Crippen LogP contribution < -0.4 is 14.8 Å². The number of carbonyl (C=O) groups is 2. The Labute approximate surface area is 146 Å². The molecule has 0 bridgehead atoms. The lowest BCUT2D eigenvalue weighted by Gasteiger charge is -2.24. The molecule has 1 aliphatic heterocycles. The van der Waals surface area contributed by atoms with E-state index in [4.69, 9.17) is 14.2 Å². The first-order valence-corrected chi connectivity index (χ1v) is 8.01. The van der Waals surface area contributed by atoms with E-state index in [0.29, 0.717) is 17.2 Å². The Morgan fingerprint density at radius 2 is 1.83 bits per heavy atom. The number of nitrogens with one attached hydrogen (secondary N) is 1. The van der Waals surface area contributed by atoms with Gasteiger partial charge in [0.2, 0.25) is 6.10 Å². The molecule has 0 aromatic heterocycles. The minimum absolute atomic E-state index is 0.0458. The third kappa shape index (κ3) is 4.05. The van der Waals surface area contributed by atoms with Gasteiger partial charge in [-0.3, -0.25) is 4.79 Å². The third-order valence-corrected chi connectivity index (χ3v) is 3.77.